The molecule has 0 unspecified atom stereocenters. The first-order valence-electron chi connectivity index (χ1n) is 11.7. The first-order chi connectivity index (χ1) is 15.6. The van der Waals surface area contributed by atoms with Gasteiger partial charge in [0, 0.05) is 29.9 Å². The van der Waals surface area contributed by atoms with Gasteiger partial charge in [-0.1, -0.05) is 25.7 Å². The van der Waals surface area contributed by atoms with Crippen LogP contribution in [0.4, 0.5) is 27.9 Å². The van der Waals surface area contributed by atoms with Gasteiger partial charge in [0.25, 0.3) is 0 Å². The first-order valence-corrected chi connectivity index (χ1v) is 11.7. The van der Waals surface area contributed by atoms with Crippen molar-refractivity contribution in [1.82, 2.24) is 15.0 Å². The summed E-state index contributed by atoms with van der Waals surface area (Å²) in [7, 11) is 1.44. The molecule has 2 aliphatic carbocycles. The molecule has 0 amide bonds. The van der Waals surface area contributed by atoms with Crippen LogP contribution >= 0.6 is 0 Å². The number of hydrogen-bond acceptors (Lipinski definition) is 8. The van der Waals surface area contributed by atoms with Crippen LogP contribution in [0.25, 0.3) is 0 Å². The highest BCUT2D eigenvalue weighted by Crippen LogP contribution is 2.25. The molecule has 174 valence electrons. The molecule has 8 nitrogen and oxygen atoms in total. The Morgan fingerprint density at radius 3 is 2.03 bits per heavy atom. The smallest absolute Gasteiger partial charge is 0.233 e. The van der Waals surface area contributed by atoms with Crippen molar-refractivity contribution in [3.05, 3.63) is 24.0 Å². The Balaban J connectivity index is 1.53. The maximum atomic E-state index is 14.1. The normalized spacial score (nSPS) is 22.1. The van der Waals surface area contributed by atoms with Crippen LogP contribution in [0, 0.1) is 5.82 Å². The third kappa shape index (κ3) is 6.18. The van der Waals surface area contributed by atoms with E-state index in [1.807, 2.05) is 0 Å². The number of nitrogens with two attached hydrogens (primary N) is 1. The predicted octanol–water partition coefficient (Wildman–Crippen LogP) is 4.58. The monoisotopic (exact) mass is 443 g/mol. The lowest BCUT2D eigenvalue weighted by molar-refractivity contribution is 0.386. The van der Waals surface area contributed by atoms with E-state index in [2.05, 4.69) is 30.9 Å². The average molecular weight is 444 g/mol. The zero-order chi connectivity index (χ0) is 22.3. The zero-order valence-corrected chi connectivity index (χ0v) is 18.7. The third-order valence-electron chi connectivity index (χ3n) is 6.34. The van der Waals surface area contributed by atoms with E-state index in [4.69, 9.17) is 10.5 Å². The Morgan fingerprint density at radius 2 is 1.44 bits per heavy atom. The van der Waals surface area contributed by atoms with Gasteiger partial charge in [0.15, 0.2) is 11.6 Å². The van der Waals surface area contributed by atoms with Crippen LogP contribution in [0.15, 0.2) is 18.2 Å². The summed E-state index contributed by atoms with van der Waals surface area (Å²) in [6.45, 7) is 0. The van der Waals surface area contributed by atoms with Crippen molar-refractivity contribution in [1.29, 1.82) is 0 Å². The van der Waals surface area contributed by atoms with Gasteiger partial charge >= 0.3 is 0 Å². The van der Waals surface area contributed by atoms with Crippen molar-refractivity contribution < 1.29 is 9.13 Å². The Hall–Kier alpha value is -2.68. The van der Waals surface area contributed by atoms with Crippen molar-refractivity contribution >= 4 is 23.5 Å². The van der Waals surface area contributed by atoms with Crippen molar-refractivity contribution in [2.75, 3.05) is 23.1 Å². The lowest BCUT2D eigenvalue weighted by Crippen LogP contribution is -2.33. The number of rotatable bonds is 7. The van der Waals surface area contributed by atoms with Crippen molar-refractivity contribution in [3.63, 3.8) is 0 Å². The molecule has 0 atom stereocenters. The van der Waals surface area contributed by atoms with E-state index in [0.717, 1.165) is 38.5 Å². The molecule has 2 aliphatic rings. The van der Waals surface area contributed by atoms with Gasteiger partial charge in [-0.05, 0) is 50.7 Å². The van der Waals surface area contributed by atoms with Gasteiger partial charge in [-0.2, -0.15) is 15.0 Å². The molecule has 9 heteroatoms. The number of benzene rings is 1. The molecule has 2 fully saturated rings. The molecule has 1 aromatic heterocycles. The summed E-state index contributed by atoms with van der Waals surface area (Å²) < 4.78 is 19.1. The van der Waals surface area contributed by atoms with Crippen LogP contribution in [-0.4, -0.2) is 40.2 Å². The van der Waals surface area contributed by atoms with Crippen molar-refractivity contribution in [2.24, 2.45) is 5.73 Å². The maximum absolute atomic E-state index is 14.1. The summed E-state index contributed by atoms with van der Waals surface area (Å²) in [5.74, 6) is 1.18. The quantitative estimate of drug-likeness (QED) is 0.460. The average Bonchev–Trinajstić information content (AvgIpc) is 3.04. The number of anilines is 4. The largest absolute Gasteiger partial charge is 0.494 e. The number of methoxy groups -OCH3 is 1. The first kappa shape index (κ1) is 22.5. The second-order valence-electron chi connectivity index (χ2n) is 8.87. The second kappa shape index (κ2) is 10.8. The second-order valence-corrected chi connectivity index (χ2v) is 8.87. The Kier molecular flexibility index (Phi) is 7.57. The molecule has 0 spiro atoms. The van der Waals surface area contributed by atoms with E-state index < -0.39 is 5.82 Å². The van der Waals surface area contributed by atoms with Crippen LogP contribution in [0.2, 0.25) is 0 Å². The van der Waals surface area contributed by atoms with E-state index in [0.29, 0.717) is 29.6 Å². The number of hydrogen-bond donors (Lipinski definition) is 4. The Bertz CT molecular complexity index is 881. The summed E-state index contributed by atoms with van der Waals surface area (Å²) in [5.41, 5.74) is 6.59. The molecule has 0 bridgehead atoms. The lowest BCUT2D eigenvalue weighted by atomic mass is 9.92. The minimum atomic E-state index is -0.444. The van der Waals surface area contributed by atoms with Crippen LogP contribution in [0.3, 0.4) is 0 Å². The topological polar surface area (TPSA) is 110 Å². The molecule has 0 radical (unpaired) electrons. The SMILES string of the molecule is COc1ccc(Nc2nc(NC3CCCCCC3)nc(NC3CCC(N)CC3)n2)cc1F. The van der Waals surface area contributed by atoms with Gasteiger partial charge in [-0.3, -0.25) is 0 Å². The van der Waals surface area contributed by atoms with Gasteiger partial charge in [0.2, 0.25) is 17.8 Å². The molecule has 1 aromatic carbocycles. The number of nitrogens with zero attached hydrogens (tertiary/aromatic N) is 3. The Morgan fingerprint density at radius 1 is 0.844 bits per heavy atom. The molecule has 0 saturated heterocycles. The minimum Gasteiger partial charge on any atom is -0.494 e. The van der Waals surface area contributed by atoms with Crippen LogP contribution in [-0.2, 0) is 0 Å². The molecular formula is C23H34FN7O. The number of halogens is 1. The van der Waals surface area contributed by atoms with Gasteiger partial charge in [-0.25, -0.2) is 4.39 Å². The highest BCUT2D eigenvalue weighted by molar-refractivity contribution is 5.57. The van der Waals surface area contributed by atoms with E-state index in [-0.39, 0.29) is 17.8 Å². The van der Waals surface area contributed by atoms with Gasteiger partial charge < -0.3 is 26.4 Å². The minimum absolute atomic E-state index is 0.194. The summed E-state index contributed by atoms with van der Waals surface area (Å²) >= 11 is 0. The maximum Gasteiger partial charge on any atom is 0.233 e. The molecule has 0 aliphatic heterocycles. The summed E-state index contributed by atoms with van der Waals surface area (Å²) in [6.07, 6.45) is 11.2. The van der Waals surface area contributed by atoms with E-state index in [1.54, 1.807) is 12.1 Å². The van der Waals surface area contributed by atoms with Crippen LogP contribution in [0.5, 0.6) is 5.75 Å². The number of nitrogens with one attached hydrogen (secondary N) is 3. The fourth-order valence-corrected chi connectivity index (χ4v) is 4.49. The predicted molar refractivity (Wildman–Crippen MR) is 125 cm³/mol. The van der Waals surface area contributed by atoms with Crippen LogP contribution < -0.4 is 26.4 Å². The highest BCUT2D eigenvalue weighted by Gasteiger charge is 2.21. The van der Waals surface area contributed by atoms with Gasteiger partial charge in [-0.15, -0.1) is 0 Å². The summed E-state index contributed by atoms with van der Waals surface area (Å²) in [4.78, 5) is 13.8. The summed E-state index contributed by atoms with van der Waals surface area (Å²) in [6, 6.07) is 5.60. The molecule has 2 saturated carbocycles. The zero-order valence-electron chi connectivity index (χ0n) is 18.7. The van der Waals surface area contributed by atoms with E-state index in [1.165, 1.54) is 38.9 Å². The molecule has 4 rings (SSSR count). The fourth-order valence-electron chi connectivity index (χ4n) is 4.49. The molecule has 32 heavy (non-hydrogen) atoms. The molecule has 5 N–H and O–H groups in total. The fraction of sp³-hybridized carbons (Fsp3) is 0.609. The lowest BCUT2D eigenvalue weighted by Gasteiger charge is -2.27. The number of ether oxygens (including phenoxy) is 1. The van der Waals surface area contributed by atoms with Gasteiger partial charge in [0.05, 0.1) is 7.11 Å². The Labute approximate surface area is 189 Å². The summed E-state index contributed by atoms with van der Waals surface area (Å²) in [5, 5.41) is 10.1. The number of aromatic nitrogens is 3. The van der Waals surface area contributed by atoms with Crippen LogP contribution in [0.1, 0.15) is 64.2 Å². The van der Waals surface area contributed by atoms with E-state index in [9.17, 15) is 4.39 Å². The standard InChI is InChI=1S/C23H34FN7O/c1-32-20-13-12-18(14-19(20)24)28-23-30-21(26-16-6-4-2-3-5-7-16)29-22(31-23)27-17-10-8-15(25)9-11-17/h12-17H,2-11,25H2,1H3,(H3,26,27,28,29,30,31). The van der Waals surface area contributed by atoms with Crippen molar-refractivity contribution in [3.8, 4) is 5.75 Å². The highest BCUT2D eigenvalue weighted by atomic mass is 19.1. The van der Waals surface area contributed by atoms with E-state index >= 15 is 0 Å². The third-order valence-corrected chi connectivity index (χ3v) is 6.34. The van der Waals surface area contributed by atoms with Gasteiger partial charge in [0.1, 0.15) is 0 Å². The molecular weight excluding hydrogens is 409 g/mol. The molecule has 1 heterocycles. The molecule has 2 aromatic rings. The van der Waals surface area contributed by atoms with Crippen molar-refractivity contribution in [2.45, 2.75) is 82.3 Å².